The third kappa shape index (κ3) is 3.32. The van der Waals surface area contributed by atoms with E-state index in [9.17, 15) is 21.6 Å². The van der Waals surface area contributed by atoms with Gasteiger partial charge in [-0.05, 0) is 12.1 Å². The number of rotatable bonds is 5. The van der Waals surface area contributed by atoms with Gasteiger partial charge in [-0.25, -0.2) is 8.42 Å². The van der Waals surface area contributed by atoms with Crippen LogP contribution in [0.15, 0.2) is 40.0 Å². The fourth-order valence-electron chi connectivity index (χ4n) is 1.58. The van der Waals surface area contributed by atoms with Crippen molar-refractivity contribution < 1.29 is 26.1 Å². The van der Waals surface area contributed by atoms with Crippen LogP contribution in [0.5, 0.6) is 0 Å². The molecule has 1 N–H and O–H groups in total. The summed E-state index contributed by atoms with van der Waals surface area (Å²) in [5, 5.41) is 6.00. The number of para-hydroxylation sites is 1. The second-order valence-electron chi connectivity index (χ2n) is 3.96. The summed E-state index contributed by atoms with van der Waals surface area (Å²) in [4.78, 5) is 2.93. The summed E-state index contributed by atoms with van der Waals surface area (Å²) < 4.78 is 65.4. The van der Waals surface area contributed by atoms with E-state index in [1.807, 2.05) is 0 Å². The lowest BCUT2D eigenvalue weighted by molar-refractivity contribution is -0.0435. The lowest BCUT2D eigenvalue weighted by Crippen LogP contribution is -2.24. The van der Waals surface area contributed by atoms with E-state index in [1.54, 1.807) is 0 Å². The molecule has 0 aliphatic rings. The van der Waals surface area contributed by atoms with Crippen molar-refractivity contribution in [3.63, 3.8) is 0 Å². The number of nitrogens with zero attached hydrogens (tertiary/aromatic N) is 2. The molecule has 0 radical (unpaired) electrons. The Morgan fingerprint density at radius 2 is 1.95 bits per heavy atom. The molecule has 2 rings (SSSR count). The number of aromatic nitrogens is 2. The molecule has 1 heterocycles. The summed E-state index contributed by atoms with van der Waals surface area (Å²) in [6, 6.07) is 4.82. The fourth-order valence-corrected chi connectivity index (χ4v) is 2.52. The highest BCUT2D eigenvalue weighted by Crippen LogP contribution is 2.34. The number of nitrogens with one attached hydrogen (secondary N) is 1. The Kier molecular flexibility index (Phi) is 4.16. The smallest absolute Gasteiger partial charge is 0.383 e. The lowest BCUT2D eigenvalue weighted by Gasteiger charge is -2.13. The van der Waals surface area contributed by atoms with Crippen LogP contribution >= 0.6 is 0 Å². The number of benzene rings is 1. The van der Waals surface area contributed by atoms with Crippen molar-refractivity contribution in [2.45, 2.75) is 16.8 Å². The first-order valence-corrected chi connectivity index (χ1v) is 7.20. The topological polar surface area (TPSA) is 85.1 Å². The average Bonchev–Trinajstić information content (AvgIpc) is 2.91. The number of hydrogen-bond acceptors (Lipinski definition) is 6. The normalized spacial score (nSPS) is 12.3. The van der Waals surface area contributed by atoms with Crippen LogP contribution in [0.1, 0.15) is 5.89 Å². The van der Waals surface area contributed by atoms with E-state index in [0.717, 1.165) is 6.07 Å². The second-order valence-corrected chi connectivity index (χ2v) is 5.87. The van der Waals surface area contributed by atoms with Crippen molar-refractivity contribution in [2.24, 2.45) is 0 Å². The monoisotopic (exact) mass is 321 g/mol. The third-order valence-corrected chi connectivity index (χ3v) is 4.09. The Bertz CT molecular complexity index is 699. The van der Waals surface area contributed by atoms with Gasteiger partial charge < -0.3 is 9.84 Å². The SMILES string of the molecule is O=S(=O)(c1ccccc1NCCc1ncno1)C(F)(F)F. The number of halogens is 3. The molecule has 0 aliphatic heterocycles. The van der Waals surface area contributed by atoms with Gasteiger partial charge in [0.05, 0.1) is 10.6 Å². The number of anilines is 1. The molecule has 0 saturated heterocycles. The summed E-state index contributed by atoms with van der Waals surface area (Å²) in [6.07, 6.45) is 1.44. The molecule has 6 nitrogen and oxygen atoms in total. The molecule has 0 aliphatic carbocycles. The van der Waals surface area contributed by atoms with Crippen LogP contribution in [0.3, 0.4) is 0 Å². The molecule has 0 spiro atoms. The molecule has 1 aromatic carbocycles. The minimum absolute atomic E-state index is 0.130. The highest BCUT2D eigenvalue weighted by molar-refractivity contribution is 7.92. The van der Waals surface area contributed by atoms with E-state index < -0.39 is 20.2 Å². The largest absolute Gasteiger partial charge is 0.501 e. The molecule has 0 amide bonds. The van der Waals surface area contributed by atoms with Gasteiger partial charge in [-0.2, -0.15) is 18.2 Å². The highest BCUT2D eigenvalue weighted by Gasteiger charge is 2.47. The summed E-state index contributed by atoms with van der Waals surface area (Å²) in [5.41, 5.74) is -5.48. The minimum atomic E-state index is -5.41. The lowest BCUT2D eigenvalue weighted by atomic mass is 10.3. The summed E-state index contributed by atoms with van der Waals surface area (Å²) in [6.45, 7) is 0.145. The maximum atomic E-state index is 12.6. The van der Waals surface area contributed by atoms with Crippen LogP contribution in [0.25, 0.3) is 0 Å². The molecule has 0 saturated carbocycles. The number of hydrogen-bond donors (Lipinski definition) is 1. The van der Waals surface area contributed by atoms with E-state index in [1.165, 1.54) is 24.5 Å². The zero-order valence-corrected chi connectivity index (χ0v) is 11.3. The molecule has 21 heavy (non-hydrogen) atoms. The van der Waals surface area contributed by atoms with Crippen molar-refractivity contribution in [1.82, 2.24) is 10.1 Å². The third-order valence-electron chi connectivity index (χ3n) is 2.54. The van der Waals surface area contributed by atoms with Crippen molar-refractivity contribution in [1.29, 1.82) is 0 Å². The quantitative estimate of drug-likeness (QED) is 0.907. The fraction of sp³-hybridized carbons (Fsp3) is 0.273. The van der Waals surface area contributed by atoms with Crippen molar-refractivity contribution >= 4 is 15.5 Å². The zero-order chi connectivity index (χ0) is 15.5. The first kappa shape index (κ1) is 15.3. The predicted octanol–water partition coefficient (Wildman–Crippen LogP) is 2.02. The van der Waals surface area contributed by atoms with Gasteiger partial charge in [-0.15, -0.1) is 0 Å². The minimum Gasteiger partial charge on any atom is -0.383 e. The van der Waals surface area contributed by atoms with Crippen LogP contribution in [-0.4, -0.2) is 30.6 Å². The van der Waals surface area contributed by atoms with Gasteiger partial charge >= 0.3 is 5.51 Å². The van der Waals surface area contributed by atoms with Crippen LogP contribution < -0.4 is 5.32 Å². The van der Waals surface area contributed by atoms with Crippen LogP contribution in [0, 0.1) is 0 Å². The van der Waals surface area contributed by atoms with Crippen LogP contribution in [0.2, 0.25) is 0 Å². The highest BCUT2D eigenvalue weighted by atomic mass is 32.2. The van der Waals surface area contributed by atoms with Gasteiger partial charge in [0.2, 0.25) is 5.89 Å². The van der Waals surface area contributed by atoms with Crippen molar-refractivity contribution in [2.75, 3.05) is 11.9 Å². The van der Waals surface area contributed by atoms with Gasteiger partial charge in [0, 0.05) is 13.0 Å². The number of alkyl halides is 3. The Labute approximate surface area is 117 Å². The molecule has 0 fully saturated rings. The van der Waals surface area contributed by atoms with Gasteiger partial charge in [0.1, 0.15) is 0 Å². The van der Waals surface area contributed by atoms with E-state index in [2.05, 4.69) is 15.5 Å². The summed E-state index contributed by atoms with van der Waals surface area (Å²) >= 11 is 0. The molecule has 2 aromatic rings. The average molecular weight is 321 g/mol. The summed E-state index contributed by atoms with van der Waals surface area (Å²) in [5.74, 6) is 0.290. The molecule has 1 aromatic heterocycles. The molecular formula is C11H10F3N3O3S. The summed E-state index contributed by atoms with van der Waals surface area (Å²) in [7, 11) is -5.41. The zero-order valence-electron chi connectivity index (χ0n) is 10.5. The second kappa shape index (κ2) is 5.72. The Morgan fingerprint density at radius 3 is 2.57 bits per heavy atom. The number of sulfone groups is 1. The predicted molar refractivity (Wildman–Crippen MR) is 66.2 cm³/mol. The van der Waals surface area contributed by atoms with Gasteiger partial charge in [0.15, 0.2) is 6.33 Å². The molecule has 0 unspecified atom stereocenters. The first-order chi connectivity index (χ1) is 9.82. The van der Waals surface area contributed by atoms with Gasteiger partial charge in [-0.1, -0.05) is 17.3 Å². The standard InChI is InChI=1S/C11H10F3N3O3S/c12-11(13,14)21(18,19)9-4-2-1-3-8(9)15-6-5-10-16-7-17-20-10/h1-4,7,15H,5-6H2. The van der Waals surface area contributed by atoms with E-state index in [4.69, 9.17) is 4.52 Å². The van der Waals surface area contributed by atoms with Crippen molar-refractivity contribution in [3.05, 3.63) is 36.5 Å². The van der Waals surface area contributed by atoms with Crippen LogP contribution in [0.4, 0.5) is 18.9 Å². The van der Waals surface area contributed by atoms with E-state index >= 15 is 0 Å². The van der Waals surface area contributed by atoms with Crippen molar-refractivity contribution in [3.8, 4) is 0 Å². The maximum absolute atomic E-state index is 12.6. The molecule has 10 heteroatoms. The van der Waals surface area contributed by atoms with Gasteiger partial charge in [-0.3, -0.25) is 0 Å². The Hall–Kier alpha value is -2.10. The van der Waals surface area contributed by atoms with E-state index in [0.29, 0.717) is 5.89 Å². The maximum Gasteiger partial charge on any atom is 0.501 e. The molecular weight excluding hydrogens is 311 g/mol. The van der Waals surface area contributed by atoms with Gasteiger partial charge in [0.25, 0.3) is 9.84 Å². The molecule has 114 valence electrons. The van der Waals surface area contributed by atoms with Crippen LogP contribution in [-0.2, 0) is 16.3 Å². The molecule has 0 bridgehead atoms. The Balaban J connectivity index is 2.18. The first-order valence-electron chi connectivity index (χ1n) is 5.72. The van der Waals surface area contributed by atoms with E-state index in [-0.39, 0.29) is 18.7 Å². The molecule has 0 atom stereocenters. The Morgan fingerprint density at radius 1 is 1.24 bits per heavy atom.